The number of carbonyl (C=O) groups is 6. The molecule has 0 bridgehead atoms. The maximum Gasteiger partial charge on any atom is 0.290 e. The van der Waals surface area contributed by atoms with Gasteiger partial charge in [-0.05, 0) is 47.9 Å². The van der Waals surface area contributed by atoms with Gasteiger partial charge in [-0.15, -0.1) is 0 Å². The Morgan fingerprint density at radius 3 is 2.19 bits per heavy atom. The molecule has 0 unspecified atom stereocenters. The average molecular weight is 657 g/mol. The number of fused-ring (bicyclic) bond motifs is 2. The van der Waals surface area contributed by atoms with Crippen molar-refractivity contribution >= 4 is 46.2 Å². The van der Waals surface area contributed by atoms with Gasteiger partial charge in [-0.2, -0.15) is 0 Å². The Labute approximate surface area is 280 Å². The molecule has 2 aromatic carbocycles. The Balaban J connectivity index is 1.34. The first-order chi connectivity index (χ1) is 22.7. The van der Waals surface area contributed by atoms with Gasteiger partial charge in [0.15, 0.2) is 0 Å². The molecule has 5 amide bonds. The van der Waals surface area contributed by atoms with Gasteiger partial charge in [0, 0.05) is 24.7 Å². The van der Waals surface area contributed by atoms with Gasteiger partial charge in [0.05, 0.1) is 23.7 Å². The van der Waals surface area contributed by atoms with Crippen molar-refractivity contribution in [1.29, 1.82) is 0 Å². The van der Waals surface area contributed by atoms with Crippen molar-refractivity contribution < 1.29 is 28.8 Å². The molecule has 254 valence electrons. The fraction of sp³-hybridized carbons (Fsp3) is 0.417. The van der Waals surface area contributed by atoms with E-state index in [2.05, 4.69) is 26.3 Å². The number of carbonyl (C=O) groups excluding carboxylic acids is 6. The molecule has 0 radical (unpaired) electrons. The molecule has 3 atom stereocenters. The number of benzene rings is 2. The van der Waals surface area contributed by atoms with Gasteiger partial charge in [0.1, 0.15) is 12.1 Å². The molecular weight excluding hydrogens is 612 g/mol. The van der Waals surface area contributed by atoms with Crippen LogP contribution in [0.25, 0.3) is 10.9 Å². The summed E-state index contributed by atoms with van der Waals surface area (Å²) in [6.45, 7) is 10.7. The highest BCUT2D eigenvalue weighted by atomic mass is 16.2. The molecule has 12 nitrogen and oxygen atoms in total. The normalized spacial score (nSPS) is 14.7. The summed E-state index contributed by atoms with van der Waals surface area (Å²) in [6.07, 6.45) is 2.23. The maximum absolute atomic E-state index is 13.5. The predicted octanol–water partition coefficient (Wildman–Crippen LogP) is 2.30. The number of para-hydroxylation sites is 1. The van der Waals surface area contributed by atoms with Gasteiger partial charge in [0.2, 0.25) is 23.5 Å². The van der Waals surface area contributed by atoms with Crippen LogP contribution in [-0.4, -0.2) is 76.4 Å². The van der Waals surface area contributed by atoms with Crippen LogP contribution >= 0.6 is 0 Å². The maximum atomic E-state index is 13.5. The highest BCUT2D eigenvalue weighted by Crippen LogP contribution is 2.22. The fourth-order valence-corrected chi connectivity index (χ4v) is 5.56. The van der Waals surface area contributed by atoms with Crippen molar-refractivity contribution in [2.75, 3.05) is 13.1 Å². The van der Waals surface area contributed by atoms with Crippen LogP contribution in [0.2, 0.25) is 0 Å². The minimum Gasteiger partial charge on any atom is -0.344 e. The zero-order valence-corrected chi connectivity index (χ0v) is 28.3. The van der Waals surface area contributed by atoms with E-state index in [1.54, 1.807) is 63.8 Å². The summed E-state index contributed by atoms with van der Waals surface area (Å²) in [5, 5.41) is 11.1. The summed E-state index contributed by atoms with van der Waals surface area (Å²) in [6, 6.07) is 13.3. The molecule has 2 heterocycles. The third kappa shape index (κ3) is 8.61. The number of nitrogens with zero attached hydrogens (tertiary/aromatic N) is 2. The second-order valence-corrected chi connectivity index (χ2v) is 13.5. The van der Waals surface area contributed by atoms with Crippen molar-refractivity contribution in [2.24, 2.45) is 11.3 Å². The number of hydrogen-bond donors (Lipinski definition) is 4. The van der Waals surface area contributed by atoms with Crippen molar-refractivity contribution in [1.82, 2.24) is 31.2 Å². The van der Waals surface area contributed by atoms with Crippen LogP contribution < -0.4 is 21.3 Å². The number of rotatable bonds is 11. The summed E-state index contributed by atoms with van der Waals surface area (Å²) < 4.78 is 0. The van der Waals surface area contributed by atoms with Crippen molar-refractivity contribution in [3.63, 3.8) is 0 Å². The summed E-state index contributed by atoms with van der Waals surface area (Å²) >= 11 is 0. The predicted molar refractivity (Wildman–Crippen MR) is 180 cm³/mol. The van der Waals surface area contributed by atoms with E-state index in [0.29, 0.717) is 36.0 Å². The van der Waals surface area contributed by atoms with E-state index in [9.17, 15) is 28.8 Å². The Bertz CT molecular complexity index is 1710. The Hall–Kier alpha value is -5.13. The monoisotopic (exact) mass is 656 g/mol. The standard InChI is InChI=1S/C36H44N6O6/c1-21(2)29(30(44)34(47)38-19-28(43)42-18-16-23-11-7-8-12-24(23)20-42)40-32(45)22(3)39-35(48)31(36(4,5)6)41-33(46)26-15-17-37-27-14-10-9-13-25(26)27/h7-15,17,21-22,29,31H,16,18-20H2,1-6H3,(H,38,47)(H,39,48)(H,40,45)(H,41,46)/t22-,29-,31+/m0/s1. The molecule has 1 aromatic heterocycles. The van der Waals surface area contributed by atoms with Crippen LogP contribution in [0.3, 0.4) is 0 Å². The second kappa shape index (κ2) is 15.2. The van der Waals surface area contributed by atoms with Crippen LogP contribution in [0.1, 0.15) is 63.0 Å². The van der Waals surface area contributed by atoms with Crippen LogP contribution in [0.5, 0.6) is 0 Å². The molecule has 0 saturated carbocycles. The Morgan fingerprint density at radius 2 is 1.50 bits per heavy atom. The number of nitrogens with one attached hydrogen (secondary N) is 4. The fourth-order valence-electron chi connectivity index (χ4n) is 5.56. The van der Waals surface area contributed by atoms with Gasteiger partial charge in [-0.3, -0.25) is 33.8 Å². The smallest absolute Gasteiger partial charge is 0.290 e. The highest BCUT2D eigenvalue weighted by molar-refractivity contribution is 6.38. The molecule has 1 aliphatic rings. The summed E-state index contributed by atoms with van der Waals surface area (Å²) in [5.41, 5.74) is 2.48. The second-order valence-electron chi connectivity index (χ2n) is 13.5. The number of pyridine rings is 1. The number of Topliss-reactive ketones (excluding diaryl/α,β-unsaturated/α-hetero) is 1. The van der Waals surface area contributed by atoms with E-state index in [1.807, 2.05) is 30.3 Å². The summed E-state index contributed by atoms with van der Waals surface area (Å²) in [5.74, 6) is -4.44. The molecule has 0 spiro atoms. The number of amides is 5. The molecule has 4 rings (SSSR count). The number of hydrogen-bond acceptors (Lipinski definition) is 7. The summed E-state index contributed by atoms with van der Waals surface area (Å²) in [7, 11) is 0. The average Bonchev–Trinajstić information content (AvgIpc) is 3.06. The largest absolute Gasteiger partial charge is 0.344 e. The lowest BCUT2D eigenvalue weighted by Gasteiger charge is -2.31. The van der Waals surface area contributed by atoms with E-state index in [1.165, 1.54) is 18.7 Å². The van der Waals surface area contributed by atoms with E-state index in [4.69, 9.17) is 0 Å². The van der Waals surface area contributed by atoms with Crippen LogP contribution in [0.4, 0.5) is 0 Å². The third-order valence-electron chi connectivity index (χ3n) is 8.40. The van der Waals surface area contributed by atoms with E-state index in [0.717, 1.165) is 5.56 Å². The molecule has 4 N–H and O–H groups in total. The van der Waals surface area contributed by atoms with Crippen molar-refractivity contribution in [2.45, 2.75) is 72.6 Å². The number of ketones is 1. The van der Waals surface area contributed by atoms with Crippen LogP contribution in [-0.2, 0) is 36.9 Å². The van der Waals surface area contributed by atoms with Crippen molar-refractivity contribution in [3.05, 3.63) is 77.5 Å². The van der Waals surface area contributed by atoms with Crippen LogP contribution in [0.15, 0.2) is 60.8 Å². The van der Waals surface area contributed by atoms with Gasteiger partial charge in [0.25, 0.3) is 11.8 Å². The minimum absolute atomic E-state index is 0.315. The van der Waals surface area contributed by atoms with Gasteiger partial charge in [-0.1, -0.05) is 77.1 Å². The SMILES string of the molecule is CC(C)[C@H](NC(=O)[C@H](C)NC(=O)[C@@H](NC(=O)c1ccnc2ccccc12)C(C)(C)C)C(=O)C(=O)NCC(=O)N1CCc2ccccc2C1. The van der Waals surface area contributed by atoms with Crippen molar-refractivity contribution in [3.8, 4) is 0 Å². The molecule has 0 aliphatic carbocycles. The molecule has 12 heteroatoms. The Morgan fingerprint density at radius 1 is 0.833 bits per heavy atom. The number of aromatic nitrogens is 1. The highest BCUT2D eigenvalue weighted by Gasteiger charge is 2.36. The first kappa shape index (κ1) is 35.7. The topological polar surface area (TPSA) is 167 Å². The Kier molecular flexibility index (Phi) is 11.3. The van der Waals surface area contributed by atoms with Gasteiger partial charge in [-0.25, -0.2) is 0 Å². The summed E-state index contributed by atoms with van der Waals surface area (Å²) in [4.78, 5) is 84.6. The lowest BCUT2D eigenvalue weighted by Crippen LogP contribution is -2.59. The lowest BCUT2D eigenvalue weighted by molar-refractivity contribution is -0.142. The molecule has 1 aliphatic heterocycles. The van der Waals surface area contributed by atoms with Crippen LogP contribution in [0, 0.1) is 11.3 Å². The molecule has 48 heavy (non-hydrogen) atoms. The zero-order valence-electron chi connectivity index (χ0n) is 28.3. The van der Waals surface area contributed by atoms with E-state index in [-0.39, 0.29) is 12.5 Å². The first-order valence-corrected chi connectivity index (χ1v) is 16.1. The van der Waals surface area contributed by atoms with E-state index >= 15 is 0 Å². The lowest BCUT2D eigenvalue weighted by atomic mass is 9.85. The molecule has 0 saturated heterocycles. The molecule has 3 aromatic rings. The zero-order chi connectivity index (χ0) is 35.2. The third-order valence-corrected chi connectivity index (χ3v) is 8.40. The first-order valence-electron chi connectivity index (χ1n) is 16.1. The molecule has 0 fully saturated rings. The van der Waals surface area contributed by atoms with Gasteiger partial charge < -0.3 is 26.2 Å². The van der Waals surface area contributed by atoms with E-state index < -0.39 is 58.9 Å². The molecular formula is C36H44N6O6. The quantitative estimate of drug-likeness (QED) is 0.230. The minimum atomic E-state index is -1.20. The van der Waals surface area contributed by atoms with Gasteiger partial charge >= 0.3 is 0 Å².